The van der Waals surface area contributed by atoms with Gasteiger partial charge in [0.1, 0.15) is 0 Å². The monoisotopic (exact) mass is 235 g/mol. The van der Waals surface area contributed by atoms with Gasteiger partial charge in [-0.3, -0.25) is 0 Å². The Morgan fingerprint density at radius 2 is 1.65 bits per heavy atom. The van der Waals surface area contributed by atoms with E-state index in [1.54, 1.807) is 11.8 Å². The molecule has 17 heavy (non-hydrogen) atoms. The Labute approximate surface area is 105 Å². The van der Waals surface area contributed by atoms with E-state index in [2.05, 4.69) is 54.6 Å². The number of rotatable bonds is 2. The molecule has 0 amide bonds. The Kier molecular flexibility index (Phi) is 2.85. The molecule has 0 bridgehead atoms. The smallest absolute Gasteiger partial charge is 0.0201 e. The first-order valence-electron chi connectivity index (χ1n) is 5.56. The number of fused-ring (bicyclic) bond motifs is 1. The fourth-order valence-electron chi connectivity index (χ4n) is 1.83. The Morgan fingerprint density at radius 1 is 0.765 bits per heavy atom. The van der Waals surface area contributed by atoms with Crippen LogP contribution in [0.25, 0.3) is 10.8 Å². The predicted octanol–water partition coefficient (Wildman–Crippen LogP) is 4.79. The molecule has 0 aliphatic rings. The SMILES string of the molecule is [c]1cccc2c(Sc3ccccc3)cccc12. The van der Waals surface area contributed by atoms with E-state index in [1.807, 2.05) is 18.2 Å². The lowest BCUT2D eigenvalue weighted by atomic mass is 10.1. The summed E-state index contributed by atoms with van der Waals surface area (Å²) in [5.41, 5.74) is 0. The van der Waals surface area contributed by atoms with Crippen LogP contribution in [0.5, 0.6) is 0 Å². The molecule has 3 aromatic rings. The van der Waals surface area contributed by atoms with Crippen LogP contribution in [-0.2, 0) is 0 Å². The van der Waals surface area contributed by atoms with Gasteiger partial charge in [0.15, 0.2) is 0 Å². The van der Waals surface area contributed by atoms with Crippen molar-refractivity contribution < 1.29 is 0 Å². The highest BCUT2D eigenvalue weighted by atomic mass is 32.2. The molecule has 0 aliphatic heterocycles. The van der Waals surface area contributed by atoms with Crippen molar-refractivity contribution in [1.29, 1.82) is 0 Å². The van der Waals surface area contributed by atoms with E-state index in [0.717, 1.165) is 0 Å². The molecule has 1 radical (unpaired) electrons. The van der Waals surface area contributed by atoms with Crippen molar-refractivity contribution in [3.05, 3.63) is 72.8 Å². The summed E-state index contributed by atoms with van der Waals surface area (Å²) in [6.07, 6.45) is 0. The Bertz CT molecular complexity index is 624. The predicted molar refractivity (Wildman–Crippen MR) is 73.3 cm³/mol. The van der Waals surface area contributed by atoms with E-state index in [1.165, 1.54) is 20.6 Å². The molecule has 0 heterocycles. The minimum absolute atomic E-state index is 1.17. The quantitative estimate of drug-likeness (QED) is 0.615. The molecule has 0 aliphatic carbocycles. The van der Waals surface area contributed by atoms with Gasteiger partial charge in [-0.25, -0.2) is 0 Å². The van der Waals surface area contributed by atoms with Crippen molar-refractivity contribution in [2.45, 2.75) is 9.79 Å². The lowest BCUT2D eigenvalue weighted by Crippen LogP contribution is -1.77. The third kappa shape index (κ3) is 2.20. The van der Waals surface area contributed by atoms with Crippen molar-refractivity contribution in [2.24, 2.45) is 0 Å². The van der Waals surface area contributed by atoms with Gasteiger partial charge in [0.05, 0.1) is 0 Å². The normalized spacial score (nSPS) is 10.6. The number of benzene rings is 3. The molecule has 0 N–H and O–H groups in total. The summed E-state index contributed by atoms with van der Waals surface area (Å²) in [5.74, 6) is 0. The molecule has 0 saturated heterocycles. The molecule has 0 unspecified atom stereocenters. The van der Waals surface area contributed by atoms with Gasteiger partial charge in [0.25, 0.3) is 0 Å². The molecule has 3 rings (SSSR count). The highest BCUT2D eigenvalue weighted by Gasteiger charge is 2.01. The lowest BCUT2D eigenvalue weighted by Gasteiger charge is -2.05. The first-order valence-corrected chi connectivity index (χ1v) is 6.37. The summed E-state index contributed by atoms with van der Waals surface area (Å²) in [6.45, 7) is 0. The number of hydrogen-bond acceptors (Lipinski definition) is 1. The van der Waals surface area contributed by atoms with Crippen LogP contribution in [-0.4, -0.2) is 0 Å². The van der Waals surface area contributed by atoms with E-state index >= 15 is 0 Å². The van der Waals surface area contributed by atoms with Gasteiger partial charge in [0.2, 0.25) is 0 Å². The Morgan fingerprint density at radius 3 is 2.53 bits per heavy atom. The maximum absolute atomic E-state index is 3.26. The van der Waals surface area contributed by atoms with Gasteiger partial charge in [-0.2, -0.15) is 0 Å². The fourth-order valence-corrected chi connectivity index (χ4v) is 2.81. The molecule has 0 saturated carbocycles. The fraction of sp³-hybridized carbons (Fsp3) is 0. The van der Waals surface area contributed by atoms with Gasteiger partial charge >= 0.3 is 0 Å². The van der Waals surface area contributed by atoms with Crippen molar-refractivity contribution >= 4 is 22.5 Å². The van der Waals surface area contributed by atoms with Crippen LogP contribution >= 0.6 is 11.8 Å². The van der Waals surface area contributed by atoms with E-state index in [9.17, 15) is 0 Å². The standard InChI is InChI=1S/C16H11S/c1-2-9-14(10-3-1)17-16-12-6-8-13-7-4-5-11-15(13)16/h1-6,8-12H. The molecular formula is C16H11S. The van der Waals surface area contributed by atoms with Crippen LogP contribution in [0, 0.1) is 6.07 Å². The summed E-state index contributed by atoms with van der Waals surface area (Å²) >= 11 is 1.80. The summed E-state index contributed by atoms with van der Waals surface area (Å²) in [7, 11) is 0. The van der Waals surface area contributed by atoms with Gasteiger partial charge in [-0.15, -0.1) is 0 Å². The first kappa shape index (κ1) is 10.4. The summed E-state index contributed by atoms with van der Waals surface area (Å²) in [5, 5.41) is 2.44. The number of hydrogen-bond donors (Lipinski definition) is 0. The highest BCUT2D eigenvalue weighted by molar-refractivity contribution is 7.99. The third-order valence-electron chi connectivity index (χ3n) is 2.64. The second kappa shape index (κ2) is 4.64. The van der Waals surface area contributed by atoms with Gasteiger partial charge in [0, 0.05) is 9.79 Å². The Balaban J connectivity index is 2.06. The Hall–Kier alpha value is -1.73. The van der Waals surface area contributed by atoms with Crippen molar-refractivity contribution in [2.75, 3.05) is 0 Å². The zero-order valence-corrected chi connectivity index (χ0v) is 10.1. The molecule has 0 aromatic heterocycles. The molecule has 0 fully saturated rings. The average Bonchev–Trinajstić information content (AvgIpc) is 2.40. The molecular weight excluding hydrogens is 224 g/mol. The minimum atomic E-state index is 1.17. The van der Waals surface area contributed by atoms with Crippen LogP contribution < -0.4 is 0 Å². The van der Waals surface area contributed by atoms with Gasteiger partial charge in [-0.05, 0) is 35.0 Å². The van der Waals surface area contributed by atoms with Crippen LogP contribution in [0.1, 0.15) is 0 Å². The van der Waals surface area contributed by atoms with E-state index in [4.69, 9.17) is 0 Å². The summed E-state index contributed by atoms with van der Waals surface area (Å²) < 4.78 is 0. The molecule has 0 atom stereocenters. The second-order valence-electron chi connectivity index (χ2n) is 3.80. The van der Waals surface area contributed by atoms with E-state index < -0.39 is 0 Å². The van der Waals surface area contributed by atoms with Crippen molar-refractivity contribution in [3.8, 4) is 0 Å². The van der Waals surface area contributed by atoms with Crippen molar-refractivity contribution in [3.63, 3.8) is 0 Å². The lowest BCUT2D eigenvalue weighted by molar-refractivity contribution is 1.44. The molecule has 1 heteroatoms. The highest BCUT2D eigenvalue weighted by Crippen LogP contribution is 2.32. The van der Waals surface area contributed by atoms with Crippen LogP contribution in [0.15, 0.2) is 76.5 Å². The zero-order chi connectivity index (χ0) is 11.5. The maximum Gasteiger partial charge on any atom is 0.0201 e. The largest absolute Gasteiger partial charge is 0.0895 e. The van der Waals surface area contributed by atoms with Crippen LogP contribution in [0.4, 0.5) is 0 Å². The zero-order valence-electron chi connectivity index (χ0n) is 9.26. The topological polar surface area (TPSA) is 0 Å². The van der Waals surface area contributed by atoms with Crippen LogP contribution in [0.2, 0.25) is 0 Å². The summed E-state index contributed by atoms with van der Waals surface area (Å²) in [4.78, 5) is 2.55. The first-order chi connectivity index (χ1) is 8.43. The summed E-state index contributed by atoms with van der Waals surface area (Å²) in [6, 6.07) is 26.2. The average molecular weight is 235 g/mol. The van der Waals surface area contributed by atoms with Crippen molar-refractivity contribution in [1.82, 2.24) is 0 Å². The van der Waals surface area contributed by atoms with E-state index in [0.29, 0.717) is 0 Å². The van der Waals surface area contributed by atoms with Crippen LogP contribution in [0.3, 0.4) is 0 Å². The van der Waals surface area contributed by atoms with Gasteiger partial charge < -0.3 is 0 Å². The van der Waals surface area contributed by atoms with E-state index in [-0.39, 0.29) is 0 Å². The maximum atomic E-state index is 3.26. The third-order valence-corrected chi connectivity index (χ3v) is 3.72. The molecule has 81 valence electrons. The van der Waals surface area contributed by atoms with Gasteiger partial charge in [-0.1, -0.05) is 60.3 Å². The molecule has 0 nitrogen and oxygen atoms in total. The minimum Gasteiger partial charge on any atom is -0.0895 e. The molecule has 3 aromatic carbocycles. The second-order valence-corrected chi connectivity index (χ2v) is 4.92. The molecule has 0 spiro atoms.